The van der Waals surface area contributed by atoms with Crippen LogP contribution in [0.5, 0.6) is 5.75 Å². The molecule has 2 rings (SSSR count). The first-order valence-corrected chi connectivity index (χ1v) is 8.17. The highest BCUT2D eigenvalue weighted by atomic mass is 32.2. The first-order valence-electron chi connectivity index (χ1n) is 6.76. The first kappa shape index (κ1) is 17.6. The summed E-state index contributed by atoms with van der Waals surface area (Å²) in [6.07, 6.45) is 0. The van der Waals surface area contributed by atoms with E-state index in [1.165, 1.54) is 18.2 Å². The van der Waals surface area contributed by atoms with Gasteiger partial charge in [0.2, 0.25) is 0 Å². The van der Waals surface area contributed by atoms with E-state index in [0.717, 1.165) is 17.7 Å². The largest absolute Gasteiger partial charge is 0.507 e. The standard InChI is InChI=1S/C16H14O7S/c1-10-2-5-12(6-3-10)24(21,22)23-9-15(18)11-4-7-14(17)13(8-11)16(19)20/h2-8,17H,9H2,1H3,(H,19,20). The molecule has 0 aliphatic rings. The molecule has 2 aromatic carbocycles. The maximum Gasteiger partial charge on any atom is 0.339 e. The molecule has 0 bridgehead atoms. The third kappa shape index (κ3) is 3.98. The molecule has 0 saturated carbocycles. The molecule has 0 aromatic heterocycles. The van der Waals surface area contributed by atoms with Crippen LogP contribution >= 0.6 is 0 Å². The zero-order valence-electron chi connectivity index (χ0n) is 12.6. The van der Waals surface area contributed by atoms with Gasteiger partial charge in [-0.3, -0.25) is 8.98 Å². The molecule has 2 aromatic rings. The molecule has 0 saturated heterocycles. The number of ketones is 1. The molecule has 126 valence electrons. The van der Waals surface area contributed by atoms with Gasteiger partial charge in [0.05, 0.1) is 4.90 Å². The summed E-state index contributed by atoms with van der Waals surface area (Å²) in [7, 11) is -4.10. The lowest BCUT2D eigenvalue weighted by Gasteiger charge is -2.07. The first-order chi connectivity index (χ1) is 11.2. The van der Waals surface area contributed by atoms with Gasteiger partial charge in [0.15, 0.2) is 5.78 Å². The minimum atomic E-state index is -4.10. The molecule has 0 aliphatic carbocycles. The SMILES string of the molecule is Cc1ccc(S(=O)(=O)OCC(=O)c2ccc(O)c(C(=O)O)c2)cc1. The summed E-state index contributed by atoms with van der Waals surface area (Å²) in [5, 5.41) is 18.3. The van der Waals surface area contributed by atoms with Crippen molar-refractivity contribution in [2.75, 3.05) is 6.61 Å². The number of phenols is 1. The summed E-state index contributed by atoms with van der Waals surface area (Å²) in [6.45, 7) is 1.02. The van der Waals surface area contributed by atoms with Gasteiger partial charge in [-0.25, -0.2) is 4.79 Å². The Kier molecular flexibility index (Phi) is 5.01. The van der Waals surface area contributed by atoms with Crippen LogP contribution in [0, 0.1) is 6.92 Å². The molecule has 0 spiro atoms. The molecule has 0 radical (unpaired) electrons. The van der Waals surface area contributed by atoms with Crippen LogP contribution in [0.25, 0.3) is 0 Å². The van der Waals surface area contributed by atoms with E-state index in [2.05, 4.69) is 0 Å². The van der Waals surface area contributed by atoms with Crippen LogP contribution in [0.2, 0.25) is 0 Å². The molecule has 8 heteroatoms. The summed E-state index contributed by atoms with van der Waals surface area (Å²) < 4.78 is 28.7. The van der Waals surface area contributed by atoms with Crippen LogP contribution in [-0.4, -0.2) is 37.0 Å². The third-order valence-electron chi connectivity index (χ3n) is 3.20. The zero-order chi connectivity index (χ0) is 17.9. The highest BCUT2D eigenvalue weighted by Crippen LogP contribution is 2.19. The van der Waals surface area contributed by atoms with E-state index < -0.39 is 39.8 Å². The number of hydrogen-bond donors (Lipinski definition) is 2. The van der Waals surface area contributed by atoms with Gasteiger partial charge in [-0.05, 0) is 37.3 Å². The minimum absolute atomic E-state index is 0.0793. The lowest BCUT2D eigenvalue weighted by Crippen LogP contribution is -2.15. The van der Waals surface area contributed by atoms with Crippen molar-refractivity contribution in [3.63, 3.8) is 0 Å². The summed E-state index contributed by atoms with van der Waals surface area (Å²) in [6, 6.07) is 9.10. The van der Waals surface area contributed by atoms with Crippen LogP contribution in [0.15, 0.2) is 47.4 Å². The summed E-state index contributed by atoms with van der Waals surface area (Å²) >= 11 is 0. The average Bonchev–Trinajstić information content (AvgIpc) is 2.53. The van der Waals surface area contributed by atoms with E-state index in [4.69, 9.17) is 9.29 Å². The van der Waals surface area contributed by atoms with Crippen LogP contribution < -0.4 is 0 Å². The smallest absolute Gasteiger partial charge is 0.339 e. The van der Waals surface area contributed by atoms with E-state index in [1.807, 2.05) is 0 Å². The molecular formula is C16H14O7S. The second kappa shape index (κ2) is 6.81. The van der Waals surface area contributed by atoms with Crippen LogP contribution in [0.1, 0.15) is 26.3 Å². The highest BCUT2D eigenvalue weighted by Gasteiger charge is 2.19. The van der Waals surface area contributed by atoms with Gasteiger partial charge < -0.3 is 10.2 Å². The Bertz CT molecular complexity index is 883. The highest BCUT2D eigenvalue weighted by molar-refractivity contribution is 7.86. The maximum atomic E-state index is 12.0. The van der Waals surface area contributed by atoms with Crippen molar-refractivity contribution in [3.8, 4) is 5.75 Å². The number of carboxylic acids is 1. The monoisotopic (exact) mass is 350 g/mol. The maximum absolute atomic E-state index is 12.0. The third-order valence-corrected chi connectivity index (χ3v) is 4.48. The van der Waals surface area contributed by atoms with E-state index in [-0.39, 0.29) is 10.5 Å². The van der Waals surface area contributed by atoms with Gasteiger partial charge in [-0.15, -0.1) is 0 Å². The molecule has 0 fully saturated rings. The second-order valence-electron chi connectivity index (χ2n) is 4.99. The zero-order valence-corrected chi connectivity index (χ0v) is 13.4. The molecule has 0 aliphatic heterocycles. The Hall–Kier alpha value is -2.71. The van der Waals surface area contributed by atoms with Gasteiger partial charge in [0.25, 0.3) is 10.1 Å². The number of carbonyl (C=O) groups excluding carboxylic acids is 1. The Balaban J connectivity index is 2.14. The fourth-order valence-electron chi connectivity index (χ4n) is 1.87. The van der Waals surface area contributed by atoms with Crippen molar-refractivity contribution in [3.05, 3.63) is 59.2 Å². The van der Waals surface area contributed by atoms with E-state index >= 15 is 0 Å². The average molecular weight is 350 g/mol. The van der Waals surface area contributed by atoms with Crippen LogP contribution in [0.4, 0.5) is 0 Å². The second-order valence-corrected chi connectivity index (χ2v) is 6.60. The van der Waals surface area contributed by atoms with Gasteiger partial charge in [0, 0.05) is 5.56 Å². The van der Waals surface area contributed by atoms with Crippen molar-refractivity contribution in [2.24, 2.45) is 0 Å². The van der Waals surface area contributed by atoms with Crippen molar-refractivity contribution in [1.82, 2.24) is 0 Å². The molecular weight excluding hydrogens is 336 g/mol. The topological polar surface area (TPSA) is 118 Å². The summed E-state index contributed by atoms with van der Waals surface area (Å²) in [5.74, 6) is -2.63. The van der Waals surface area contributed by atoms with Crippen molar-refractivity contribution in [1.29, 1.82) is 0 Å². The lowest BCUT2D eigenvalue weighted by atomic mass is 10.1. The number of carboxylic acid groups (broad SMARTS) is 1. The van der Waals surface area contributed by atoms with Gasteiger partial charge in [-0.1, -0.05) is 17.7 Å². The van der Waals surface area contributed by atoms with Crippen molar-refractivity contribution < 1.29 is 32.4 Å². The Morgan fingerprint density at radius 3 is 2.29 bits per heavy atom. The Morgan fingerprint density at radius 1 is 1.08 bits per heavy atom. The van der Waals surface area contributed by atoms with Crippen LogP contribution in [-0.2, 0) is 14.3 Å². The normalized spacial score (nSPS) is 11.2. The predicted octanol–water partition coefficient (Wildman–Crippen LogP) is 1.99. The molecule has 0 heterocycles. The lowest BCUT2D eigenvalue weighted by molar-refractivity contribution is 0.0693. The molecule has 0 amide bonds. The summed E-state index contributed by atoms with van der Waals surface area (Å²) in [5.41, 5.74) is 0.335. The number of aromatic carboxylic acids is 1. The molecule has 0 unspecified atom stereocenters. The summed E-state index contributed by atoms with van der Waals surface area (Å²) in [4.78, 5) is 22.8. The number of benzene rings is 2. The quantitative estimate of drug-likeness (QED) is 0.604. The van der Waals surface area contributed by atoms with Crippen molar-refractivity contribution in [2.45, 2.75) is 11.8 Å². The predicted molar refractivity (Wildman–Crippen MR) is 83.7 cm³/mol. The number of hydrogen-bond acceptors (Lipinski definition) is 6. The van der Waals surface area contributed by atoms with E-state index in [1.54, 1.807) is 19.1 Å². The molecule has 2 N–H and O–H groups in total. The number of rotatable bonds is 6. The fraction of sp³-hybridized carbons (Fsp3) is 0.125. The number of carbonyl (C=O) groups is 2. The van der Waals surface area contributed by atoms with E-state index in [9.17, 15) is 23.1 Å². The number of aryl methyl sites for hydroxylation is 1. The molecule has 24 heavy (non-hydrogen) atoms. The number of Topliss-reactive ketones (excluding diaryl/α,β-unsaturated/α-hetero) is 1. The van der Waals surface area contributed by atoms with Gasteiger partial charge >= 0.3 is 5.97 Å². The Labute approximate surface area is 138 Å². The number of aromatic hydroxyl groups is 1. The van der Waals surface area contributed by atoms with Gasteiger partial charge in [0.1, 0.15) is 17.9 Å². The van der Waals surface area contributed by atoms with E-state index in [0.29, 0.717) is 0 Å². The Morgan fingerprint density at radius 2 is 1.71 bits per heavy atom. The minimum Gasteiger partial charge on any atom is -0.507 e. The van der Waals surface area contributed by atoms with Crippen LogP contribution in [0.3, 0.4) is 0 Å². The van der Waals surface area contributed by atoms with Crippen molar-refractivity contribution >= 4 is 21.9 Å². The van der Waals surface area contributed by atoms with Gasteiger partial charge in [-0.2, -0.15) is 8.42 Å². The molecule has 0 atom stereocenters. The fourth-order valence-corrected chi connectivity index (χ4v) is 2.74. The molecule has 7 nitrogen and oxygen atoms in total.